The van der Waals surface area contributed by atoms with Crippen LogP contribution in [-0.2, 0) is 14.8 Å². The van der Waals surface area contributed by atoms with Crippen LogP contribution in [0.15, 0.2) is 29.3 Å². The molecule has 2 aliphatic carbocycles. The van der Waals surface area contributed by atoms with E-state index in [0.717, 1.165) is 32.1 Å². The Balaban J connectivity index is 1.44. The van der Waals surface area contributed by atoms with E-state index in [-0.39, 0.29) is 16.7 Å². The average molecular weight is 424 g/mol. The van der Waals surface area contributed by atoms with Crippen molar-refractivity contribution < 1.29 is 13.2 Å². The predicted molar refractivity (Wildman–Crippen MR) is 108 cm³/mol. The quantitative estimate of drug-likeness (QED) is 0.682. The Bertz CT molecular complexity index is 875. The summed E-state index contributed by atoms with van der Waals surface area (Å²) in [6, 6.07) is 1.53. The Hall–Kier alpha value is -1.44. The number of piperazine rings is 1. The second kappa shape index (κ2) is 8.13. The molecule has 0 aromatic carbocycles. The highest BCUT2D eigenvalue weighted by molar-refractivity contribution is 7.89. The van der Waals surface area contributed by atoms with E-state index in [9.17, 15) is 13.2 Å². The topological polar surface area (TPSA) is 70.6 Å². The van der Waals surface area contributed by atoms with Crippen molar-refractivity contribution in [3.05, 3.63) is 35.1 Å². The van der Waals surface area contributed by atoms with E-state index in [4.69, 9.17) is 11.6 Å². The molecule has 1 saturated carbocycles. The van der Waals surface area contributed by atoms with E-state index in [1.165, 1.54) is 16.6 Å². The van der Waals surface area contributed by atoms with Crippen LogP contribution in [0, 0.1) is 5.92 Å². The maximum atomic E-state index is 13.3. The van der Waals surface area contributed by atoms with Crippen molar-refractivity contribution >= 4 is 27.5 Å². The maximum Gasteiger partial charge on any atom is 0.245 e. The number of halogens is 1. The predicted octanol–water partition coefficient (Wildman–Crippen LogP) is 3.19. The Morgan fingerprint density at radius 2 is 1.93 bits per heavy atom. The molecule has 0 bridgehead atoms. The summed E-state index contributed by atoms with van der Waals surface area (Å²) < 4.78 is 28.0. The number of rotatable bonds is 5. The van der Waals surface area contributed by atoms with Crippen LogP contribution in [0.4, 0.5) is 0 Å². The SMILES string of the molecule is O=C(C[C@H]1C=CCC1)N1CCN(S(=O)(=O)c2cc(Cl)cnc2C2CCC2)CC1. The molecule has 0 radical (unpaired) electrons. The number of carbonyl (C=O) groups excluding carboxylic acids is 1. The van der Waals surface area contributed by atoms with Crippen LogP contribution in [0.3, 0.4) is 0 Å². The molecule has 0 spiro atoms. The number of nitrogens with zero attached hydrogens (tertiary/aromatic N) is 3. The minimum Gasteiger partial charge on any atom is -0.340 e. The Morgan fingerprint density at radius 1 is 1.18 bits per heavy atom. The lowest BCUT2D eigenvalue weighted by molar-refractivity contribution is -0.133. The van der Waals surface area contributed by atoms with Gasteiger partial charge in [-0.05, 0) is 37.7 Å². The maximum absolute atomic E-state index is 13.3. The van der Waals surface area contributed by atoms with Gasteiger partial charge in [0.15, 0.2) is 0 Å². The first-order valence-electron chi connectivity index (χ1n) is 10.0. The van der Waals surface area contributed by atoms with Crippen molar-refractivity contribution in [2.75, 3.05) is 26.2 Å². The van der Waals surface area contributed by atoms with Crippen LogP contribution in [0.1, 0.15) is 50.1 Å². The first-order chi connectivity index (χ1) is 13.4. The van der Waals surface area contributed by atoms with Crippen molar-refractivity contribution in [1.29, 1.82) is 0 Å². The standard InChI is InChI=1S/C20H26ClN3O3S/c21-17-13-18(20(22-14-17)16-6-3-7-16)28(26,27)24-10-8-23(9-11-24)19(25)12-15-4-1-2-5-15/h1,4,13-16H,2-3,5-12H2/t15-/m0/s1. The van der Waals surface area contributed by atoms with Crippen molar-refractivity contribution in [3.8, 4) is 0 Å². The fraction of sp³-hybridized carbons (Fsp3) is 0.600. The zero-order valence-electron chi connectivity index (χ0n) is 15.9. The largest absolute Gasteiger partial charge is 0.340 e. The molecule has 3 aliphatic rings. The number of hydrogen-bond acceptors (Lipinski definition) is 4. The second-order valence-electron chi connectivity index (χ2n) is 7.92. The number of sulfonamides is 1. The molecule has 4 rings (SSSR count). The van der Waals surface area contributed by atoms with Crippen molar-refractivity contribution in [2.24, 2.45) is 5.92 Å². The summed E-state index contributed by atoms with van der Waals surface area (Å²) >= 11 is 6.07. The highest BCUT2D eigenvalue weighted by Crippen LogP contribution is 2.39. The van der Waals surface area contributed by atoms with Crippen LogP contribution < -0.4 is 0 Å². The molecule has 8 heteroatoms. The van der Waals surface area contributed by atoms with Crippen LogP contribution in [0.25, 0.3) is 0 Å². The molecule has 1 aliphatic heterocycles. The molecule has 1 amide bonds. The molecule has 1 atom stereocenters. The van der Waals surface area contributed by atoms with E-state index in [0.29, 0.717) is 49.2 Å². The van der Waals surface area contributed by atoms with Crippen LogP contribution >= 0.6 is 11.6 Å². The van der Waals surface area contributed by atoms with E-state index >= 15 is 0 Å². The number of pyridine rings is 1. The summed E-state index contributed by atoms with van der Waals surface area (Å²) in [5.41, 5.74) is 0.641. The number of amides is 1. The zero-order valence-corrected chi connectivity index (χ0v) is 17.5. The monoisotopic (exact) mass is 423 g/mol. The van der Waals surface area contributed by atoms with Crippen LogP contribution in [0.5, 0.6) is 0 Å². The zero-order chi connectivity index (χ0) is 19.7. The van der Waals surface area contributed by atoms with Gasteiger partial charge in [-0.1, -0.05) is 30.2 Å². The lowest BCUT2D eigenvalue weighted by atomic mass is 9.83. The number of hydrogen-bond donors (Lipinski definition) is 0. The molecule has 0 unspecified atom stereocenters. The molecule has 1 aromatic rings. The number of aromatic nitrogens is 1. The second-order valence-corrected chi connectivity index (χ2v) is 10.3. The highest BCUT2D eigenvalue weighted by atomic mass is 35.5. The van der Waals surface area contributed by atoms with E-state index in [2.05, 4.69) is 17.1 Å². The van der Waals surface area contributed by atoms with Gasteiger partial charge < -0.3 is 4.90 Å². The first-order valence-corrected chi connectivity index (χ1v) is 11.9. The lowest BCUT2D eigenvalue weighted by Gasteiger charge is -2.35. The van der Waals surface area contributed by atoms with Gasteiger partial charge in [-0.2, -0.15) is 4.31 Å². The Kier molecular flexibility index (Phi) is 5.76. The van der Waals surface area contributed by atoms with Crippen LogP contribution in [0.2, 0.25) is 5.02 Å². The summed E-state index contributed by atoms with van der Waals surface area (Å²) in [6.45, 7) is 1.49. The molecular formula is C20H26ClN3O3S. The molecule has 152 valence electrons. The van der Waals surface area contributed by atoms with Gasteiger partial charge in [-0.15, -0.1) is 0 Å². The molecule has 1 saturated heterocycles. The van der Waals surface area contributed by atoms with Crippen LogP contribution in [-0.4, -0.2) is 54.7 Å². The lowest BCUT2D eigenvalue weighted by Crippen LogP contribution is -2.50. The minimum atomic E-state index is -3.67. The summed E-state index contributed by atoms with van der Waals surface area (Å²) in [7, 11) is -3.67. The number of carbonyl (C=O) groups is 1. The van der Waals surface area contributed by atoms with Gasteiger partial charge in [0.05, 0.1) is 10.7 Å². The molecule has 6 nitrogen and oxygen atoms in total. The van der Waals surface area contributed by atoms with E-state index in [1.54, 1.807) is 4.90 Å². The molecule has 2 heterocycles. The van der Waals surface area contributed by atoms with E-state index < -0.39 is 10.0 Å². The normalized spacial score (nSPS) is 23.8. The van der Waals surface area contributed by atoms with Gasteiger partial charge in [0.25, 0.3) is 0 Å². The third kappa shape index (κ3) is 3.98. The fourth-order valence-corrected chi connectivity index (χ4v) is 6.07. The van der Waals surface area contributed by atoms with Crippen molar-refractivity contribution in [2.45, 2.75) is 49.3 Å². The van der Waals surface area contributed by atoms with Gasteiger partial charge in [0, 0.05) is 44.7 Å². The smallest absolute Gasteiger partial charge is 0.245 e. The van der Waals surface area contributed by atoms with Crippen molar-refractivity contribution in [3.63, 3.8) is 0 Å². The third-order valence-corrected chi connectivity index (χ3v) is 8.23. The van der Waals surface area contributed by atoms with Gasteiger partial charge in [0.2, 0.25) is 15.9 Å². The summed E-state index contributed by atoms with van der Waals surface area (Å²) in [4.78, 5) is 18.9. The van der Waals surface area contributed by atoms with Gasteiger partial charge in [0.1, 0.15) is 4.90 Å². The van der Waals surface area contributed by atoms with Gasteiger partial charge in [-0.3, -0.25) is 9.78 Å². The average Bonchev–Trinajstić information content (AvgIpc) is 3.14. The summed E-state index contributed by atoms with van der Waals surface area (Å²) in [5.74, 6) is 0.648. The van der Waals surface area contributed by atoms with E-state index in [1.807, 2.05) is 0 Å². The molecule has 0 N–H and O–H groups in total. The number of allylic oxidation sites excluding steroid dienone is 2. The first kappa shape index (κ1) is 19.9. The Labute approximate surface area is 171 Å². The molecule has 28 heavy (non-hydrogen) atoms. The summed E-state index contributed by atoms with van der Waals surface area (Å²) in [6.07, 6.45) is 11.4. The van der Waals surface area contributed by atoms with Crippen molar-refractivity contribution in [1.82, 2.24) is 14.2 Å². The highest BCUT2D eigenvalue weighted by Gasteiger charge is 2.35. The molecular weight excluding hydrogens is 398 g/mol. The molecule has 1 aromatic heterocycles. The summed E-state index contributed by atoms with van der Waals surface area (Å²) in [5, 5.41) is 0.333. The van der Waals surface area contributed by atoms with Gasteiger partial charge >= 0.3 is 0 Å². The Morgan fingerprint density at radius 3 is 2.54 bits per heavy atom. The minimum absolute atomic E-state index is 0.119. The van der Waals surface area contributed by atoms with Gasteiger partial charge in [-0.25, -0.2) is 8.42 Å². The fourth-order valence-electron chi connectivity index (χ4n) is 4.16. The third-order valence-electron chi connectivity index (χ3n) is 6.10. The molecule has 2 fully saturated rings.